The molecule has 0 fully saturated rings. The van der Waals surface area contributed by atoms with Crippen LogP contribution in [0.2, 0.25) is 0 Å². The van der Waals surface area contributed by atoms with Gasteiger partial charge in [-0.05, 0) is 54.1 Å². The summed E-state index contributed by atoms with van der Waals surface area (Å²) in [6.45, 7) is 1.94. The Morgan fingerprint density at radius 3 is 2.50 bits per heavy atom. The molecule has 2 heterocycles. The van der Waals surface area contributed by atoms with E-state index in [9.17, 15) is 13.2 Å². The fourth-order valence-corrected chi connectivity index (χ4v) is 4.50. The SMILES string of the molecule is CCC1=NN2C(=N)C(=Cc3ccc(OS(=O)(=O)c4ccccc4)cc3)C(=O)N=C2S1. The van der Waals surface area contributed by atoms with Crippen LogP contribution in [0, 0.1) is 5.41 Å². The molecule has 0 aromatic heterocycles. The van der Waals surface area contributed by atoms with Crippen molar-refractivity contribution in [3.05, 3.63) is 65.7 Å². The number of fused-ring (bicyclic) bond motifs is 1. The van der Waals surface area contributed by atoms with Crippen molar-refractivity contribution >= 4 is 49.9 Å². The fourth-order valence-electron chi connectivity index (χ4n) is 2.72. The molecule has 2 aliphatic rings. The lowest BCUT2D eigenvalue weighted by atomic mass is 10.1. The van der Waals surface area contributed by atoms with Gasteiger partial charge < -0.3 is 4.18 Å². The van der Waals surface area contributed by atoms with Crippen LogP contribution < -0.4 is 4.18 Å². The molecule has 2 aromatic rings. The van der Waals surface area contributed by atoms with Crippen molar-refractivity contribution in [2.24, 2.45) is 10.1 Å². The van der Waals surface area contributed by atoms with Gasteiger partial charge >= 0.3 is 10.1 Å². The van der Waals surface area contributed by atoms with Crippen LogP contribution in [0.15, 0.2) is 75.2 Å². The van der Waals surface area contributed by atoms with Crippen molar-refractivity contribution in [3.8, 4) is 5.75 Å². The number of rotatable bonds is 5. The number of hydrazone groups is 1. The van der Waals surface area contributed by atoms with Crippen LogP contribution in [0.1, 0.15) is 18.9 Å². The molecule has 0 saturated carbocycles. The number of carbonyl (C=O) groups is 1. The number of aliphatic imine (C=N–C) groups is 1. The van der Waals surface area contributed by atoms with E-state index in [2.05, 4.69) is 10.1 Å². The van der Waals surface area contributed by atoms with Gasteiger partial charge in [0.15, 0.2) is 5.84 Å². The number of hydrogen-bond acceptors (Lipinski definition) is 7. The molecule has 0 bridgehead atoms. The maximum atomic E-state index is 12.4. The van der Waals surface area contributed by atoms with E-state index in [4.69, 9.17) is 9.59 Å². The zero-order valence-corrected chi connectivity index (χ0v) is 17.4. The van der Waals surface area contributed by atoms with Crippen LogP contribution in [0.4, 0.5) is 0 Å². The van der Waals surface area contributed by atoms with E-state index in [1.807, 2.05) is 6.92 Å². The Kier molecular flexibility index (Phi) is 5.27. The largest absolute Gasteiger partial charge is 0.379 e. The lowest BCUT2D eigenvalue weighted by Crippen LogP contribution is -2.35. The second kappa shape index (κ2) is 7.88. The zero-order valence-electron chi connectivity index (χ0n) is 15.8. The van der Waals surface area contributed by atoms with E-state index in [1.165, 1.54) is 47.1 Å². The van der Waals surface area contributed by atoms with Gasteiger partial charge in [-0.2, -0.15) is 23.5 Å². The van der Waals surface area contributed by atoms with E-state index in [-0.39, 0.29) is 22.1 Å². The average Bonchev–Trinajstić information content (AvgIpc) is 3.16. The number of amidine groups is 2. The average molecular weight is 441 g/mol. The Balaban J connectivity index is 1.55. The summed E-state index contributed by atoms with van der Waals surface area (Å²) in [6.07, 6.45) is 2.21. The van der Waals surface area contributed by atoms with E-state index in [1.54, 1.807) is 30.3 Å². The summed E-state index contributed by atoms with van der Waals surface area (Å²) in [6, 6.07) is 14.0. The summed E-state index contributed by atoms with van der Waals surface area (Å²) in [5.41, 5.74) is 0.698. The van der Waals surface area contributed by atoms with Crippen molar-refractivity contribution in [1.29, 1.82) is 5.41 Å². The van der Waals surface area contributed by atoms with Crippen molar-refractivity contribution in [1.82, 2.24) is 5.01 Å². The van der Waals surface area contributed by atoms with Crippen molar-refractivity contribution in [2.45, 2.75) is 18.2 Å². The minimum atomic E-state index is -3.93. The quantitative estimate of drug-likeness (QED) is 0.563. The third-order valence-electron chi connectivity index (χ3n) is 4.23. The van der Waals surface area contributed by atoms with Gasteiger partial charge in [0.2, 0.25) is 5.17 Å². The summed E-state index contributed by atoms with van der Waals surface area (Å²) >= 11 is 1.28. The van der Waals surface area contributed by atoms with Gasteiger partial charge in [-0.15, -0.1) is 0 Å². The molecule has 1 amide bonds. The van der Waals surface area contributed by atoms with Crippen LogP contribution >= 0.6 is 11.8 Å². The number of nitrogens with zero attached hydrogens (tertiary/aromatic N) is 3. The summed E-state index contributed by atoms with van der Waals surface area (Å²) in [4.78, 5) is 16.4. The molecule has 2 aromatic carbocycles. The lowest BCUT2D eigenvalue weighted by Gasteiger charge is -2.20. The Hall–Kier alpha value is -3.24. The van der Waals surface area contributed by atoms with Crippen LogP contribution in [-0.2, 0) is 14.9 Å². The Bertz CT molecular complexity index is 1220. The lowest BCUT2D eigenvalue weighted by molar-refractivity contribution is -0.114. The molecule has 1 N–H and O–H groups in total. The van der Waals surface area contributed by atoms with Gasteiger partial charge in [0, 0.05) is 0 Å². The van der Waals surface area contributed by atoms with E-state index < -0.39 is 16.0 Å². The van der Waals surface area contributed by atoms with Gasteiger partial charge in [0.25, 0.3) is 5.91 Å². The van der Waals surface area contributed by atoms with E-state index in [0.717, 1.165) is 5.04 Å². The van der Waals surface area contributed by atoms with Gasteiger partial charge in [-0.25, -0.2) is 0 Å². The molecule has 0 atom stereocenters. The predicted octanol–water partition coefficient (Wildman–Crippen LogP) is 3.48. The summed E-state index contributed by atoms with van der Waals surface area (Å²) in [7, 11) is -3.93. The first kappa shape index (κ1) is 20.0. The molecule has 0 aliphatic carbocycles. The number of thioether (sulfide) groups is 1. The highest BCUT2D eigenvalue weighted by molar-refractivity contribution is 8.26. The Morgan fingerprint density at radius 1 is 1.13 bits per heavy atom. The normalized spacial score (nSPS) is 17.6. The topological polar surface area (TPSA) is 112 Å². The highest BCUT2D eigenvalue weighted by Gasteiger charge is 2.35. The van der Waals surface area contributed by atoms with Gasteiger partial charge in [0.1, 0.15) is 15.7 Å². The molecule has 152 valence electrons. The van der Waals surface area contributed by atoms with Crippen LogP contribution in [0.25, 0.3) is 6.08 Å². The number of nitrogens with one attached hydrogen (secondary N) is 1. The van der Waals surface area contributed by atoms with E-state index in [0.29, 0.717) is 17.2 Å². The predicted molar refractivity (Wildman–Crippen MR) is 116 cm³/mol. The Morgan fingerprint density at radius 2 is 1.83 bits per heavy atom. The summed E-state index contributed by atoms with van der Waals surface area (Å²) in [5, 5.41) is 15.1. The van der Waals surface area contributed by atoms with Gasteiger partial charge in [0.05, 0.1) is 5.57 Å². The molecular formula is C20H16N4O4S2. The minimum Gasteiger partial charge on any atom is -0.379 e. The second-order valence-electron chi connectivity index (χ2n) is 6.29. The molecular weight excluding hydrogens is 424 g/mol. The molecule has 4 rings (SSSR count). The standard InChI is InChI=1S/C20H16N4O4S2/c1-2-17-23-24-18(21)16(19(25)22-20(24)29-17)12-13-8-10-14(11-9-13)28-30(26,27)15-6-4-3-5-7-15/h3-12,21H,2H2,1H3. The highest BCUT2D eigenvalue weighted by atomic mass is 32.2. The molecule has 10 heteroatoms. The number of benzene rings is 2. The third-order valence-corrected chi connectivity index (χ3v) is 6.54. The number of amides is 1. The molecule has 2 aliphatic heterocycles. The fraction of sp³-hybridized carbons (Fsp3) is 0.100. The zero-order chi connectivity index (χ0) is 21.3. The molecule has 0 spiro atoms. The summed E-state index contributed by atoms with van der Waals surface area (Å²) in [5.74, 6) is -0.425. The van der Waals surface area contributed by atoms with E-state index >= 15 is 0 Å². The summed E-state index contributed by atoms with van der Waals surface area (Å²) < 4.78 is 29.8. The Labute approximate surface area is 177 Å². The third kappa shape index (κ3) is 3.91. The maximum Gasteiger partial charge on any atom is 0.339 e. The smallest absolute Gasteiger partial charge is 0.339 e. The molecule has 30 heavy (non-hydrogen) atoms. The molecule has 0 saturated heterocycles. The first-order chi connectivity index (χ1) is 14.4. The van der Waals surface area contributed by atoms with Crippen molar-refractivity contribution < 1.29 is 17.4 Å². The maximum absolute atomic E-state index is 12.4. The van der Waals surface area contributed by atoms with Crippen LogP contribution in [-0.4, -0.2) is 35.4 Å². The number of carbonyl (C=O) groups excluding carboxylic acids is 1. The number of hydrogen-bond donors (Lipinski definition) is 1. The molecule has 8 nitrogen and oxygen atoms in total. The van der Waals surface area contributed by atoms with Crippen molar-refractivity contribution in [2.75, 3.05) is 0 Å². The first-order valence-electron chi connectivity index (χ1n) is 8.96. The second-order valence-corrected chi connectivity index (χ2v) is 8.87. The highest BCUT2D eigenvalue weighted by Crippen LogP contribution is 2.29. The first-order valence-corrected chi connectivity index (χ1v) is 11.2. The van der Waals surface area contributed by atoms with Gasteiger partial charge in [-0.1, -0.05) is 37.3 Å². The van der Waals surface area contributed by atoms with Crippen LogP contribution in [0.3, 0.4) is 0 Å². The molecule has 0 unspecified atom stereocenters. The van der Waals surface area contributed by atoms with Gasteiger partial charge in [-0.3, -0.25) is 10.2 Å². The van der Waals surface area contributed by atoms with Crippen molar-refractivity contribution in [3.63, 3.8) is 0 Å². The molecule has 0 radical (unpaired) electrons. The minimum absolute atomic E-state index is 0.0482. The van der Waals surface area contributed by atoms with Crippen LogP contribution in [0.5, 0.6) is 5.75 Å². The monoisotopic (exact) mass is 440 g/mol.